The molecule has 0 heterocycles. The van der Waals surface area contributed by atoms with Crippen LogP contribution in [0.3, 0.4) is 0 Å². The van der Waals surface area contributed by atoms with E-state index in [-0.39, 0.29) is 0 Å². The van der Waals surface area contributed by atoms with Crippen molar-refractivity contribution in [3.05, 3.63) is 59.1 Å². The second-order valence-corrected chi connectivity index (χ2v) is 4.30. The molecule has 0 amide bonds. The van der Waals surface area contributed by atoms with Crippen LogP contribution in [-0.4, -0.2) is 0 Å². The van der Waals surface area contributed by atoms with Gasteiger partial charge in [-0.2, -0.15) is 0 Å². The molecular formula is C16H18. The normalized spacial score (nSPS) is 16.0. The number of unbranched alkanes of at least 4 members (excludes halogenated alkanes) is 3. The van der Waals surface area contributed by atoms with Gasteiger partial charge < -0.3 is 0 Å². The van der Waals surface area contributed by atoms with E-state index in [0.29, 0.717) is 0 Å². The summed E-state index contributed by atoms with van der Waals surface area (Å²) in [5, 5.41) is 0. The van der Waals surface area contributed by atoms with E-state index in [1.54, 1.807) is 0 Å². The number of allylic oxidation sites excluding steroid dienone is 6. The van der Waals surface area contributed by atoms with E-state index >= 15 is 0 Å². The third-order valence-electron chi connectivity index (χ3n) is 2.97. The van der Waals surface area contributed by atoms with E-state index in [1.165, 1.54) is 49.7 Å². The van der Waals surface area contributed by atoms with Gasteiger partial charge in [0.15, 0.2) is 0 Å². The van der Waals surface area contributed by atoms with Crippen LogP contribution in [0.1, 0.15) is 38.5 Å². The minimum absolute atomic E-state index is 1.19. The zero-order valence-corrected chi connectivity index (χ0v) is 9.71. The van der Waals surface area contributed by atoms with Crippen LogP contribution in [0.15, 0.2) is 59.1 Å². The van der Waals surface area contributed by atoms with E-state index in [0.717, 1.165) is 0 Å². The molecule has 0 aromatic carbocycles. The number of hydrogen-bond acceptors (Lipinski definition) is 0. The van der Waals surface area contributed by atoms with Crippen LogP contribution in [0.4, 0.5) is 0 Å². The molecule has 2 aliphatic rings. The van der Waals surface area contributed by atoms with Crippen molar-refractivity contribution in [2.75, 3.05) is 0 Å². The highest BCUT2D eigenvalue weighted by Crippen LogP contribution is 2.16. The summed E-state index contributed by atoms with van der Waals surface area (Å²) in [5.41, 5.74) is 9.22. The molecule has 2 aliphatic carbocycles. The third-order valence-corrected chi connectivity index (χ3v) is 2.97. The fourth-order valence-electron chi connectivity index (χ4n) is 2.03. The van der Waals surface area contributed by atoms with Crippen LogP contribution < -0.4 is 0 Å². The zero-order chi connectivity index (χ0) is 11.1. The molecule has 0 spiro atoms. The molecule has 0 bridgehead atoms. The Hall–Kier alpha value is -1.48. The van der Waals surface area contributed by atoms with Crippen LogP contribution in [-0.2, 0) is 0 Å². The maximum Gasteiger partial charge on any atom is -0.00601 e. The van der Waals surface area contributed by atoms with E-state index in [2.05, 4.69) is 35.8 Å². The molecular weight excluding hydrogens is 192 g/mol. The molecule has 0 radical (unpaired) electrons. The number of hydrogen-bond donors (Lipinski definition) is 0. The van der Waals surface area contributed by atoms with Gasteiger partial charge in [-0.05, 0) is 49.0 Å². The Morgan fingerprint density at radius 2 is 1.19 bits per heavy atom. The maximum absolute atomic E-state index is 3.25. The van der Waals surface area contributed by atoms with E-state index in [1.807, 2.05) is 12.2 Å². The van der Waals surface area contributed by atoms with Crippen molar-refractivity contribution < 1.29 is 0 Å². The molecule has 0 aromatic heterocycles. The first-order chi connectivity index (χ1) is 7.95. The molecule has 0 saturated heterocycles. The number of rotatable bonds is 7. The van der Waals surface area contributed by atoms with Crippen molar-refractivity contribution in [2.24, 2.45) is 0 Å². The molecule has 0 unspecified atom stereocenters. The van der Waals surface area contributed by atoms with E-state index in [4.69, 9.17) is 0 Å². The summed E-state index contributed by atoms with van der Waals surface area (Å²) in [6, 6.07) is 0. The van der Waals surface area contributed by atoms with Gasteiger partial charge in [-0.25, -0.2) is 0 Å². The average Bonchev–Trinajstić information content (AvgIpc) is 2.96. The summed E-state index contributed by atoms with van der Waals surface area (Å²) in [5.74, 6) is 0. The van der Waals surface area contributed by atoms with Crippen molar-refractivity contribution in [3.63, 3.8) is 0 Å². The largest absolute Gasteiger partial charge is 0.117 e. The lowest BCUT2D eigenvalue weighted by Crippen LogP contribution is -1.82. The molecule has 0 aromatic rings. The summed E-state index contributed by atoms with van der Waals surface area (Å²) in [6.45, 7) is 0. The van der Waals surface area contributed by atoms with Gasteiger partial charge in [-0.3, -0.25) is 0 Å². The Balaban J connectivity index is 1.49. The molecule has 16 heavy (non-hydrogen) atoms. The van der Waals surface area contributed by atoms with E-state index < -0.39 is 0 Å². The van der Waals surface area contributed by atoms with Crippen molar-refractivity contribution in [1.29, 1.82) is 0 Å². The van der Waals surface area contributed by atoms with Gasteiger partial charge in [-0.15, -0.1) is 11.5 Å². The van der Waals surface area contributed by atoms with Crippen molar-refractivity contribution in [2.45, 2.75) is 38.5 Å². The lowest BCUT2D eigenvalue weighted by molar-refractivity contribution is 0.643. The zero-order valence-electron chi connectivity index (χ0n) is 9.71. The van der Waals surface area contributed by atoms with Crippen LogP contribution in [0, 0.1) is 0 Å². The summed E-state index contributed by atoms with van der Waals surface area (Å²) < 4.78 is 0. The second-order valence-electron chi connectivity index (χ2n) is 4.30. The smallest absolute Gasteiger partial charge is 0.00601 e. The molecule has 0 fully saturated rings. The molecule has 0 aliphatic heterocycles. The topological polar surface area (TPSA) is 0 Å². The molecule has 82 valence electrons. The van der Waals surface area contributed by atoms with Crippen LogP contribution >= 0.6 is 0 Å². The SMILES string of the molecule is C1=CC=CC=1CCCCCCC1=C=CC=C1. The summed E-state index contributed by atoms with van der Waals surface area (Å²) in [7, 11) is 0. The highest BCUT2D eigenvalue weighted by molar-refractivity contribution is 5.29. The monoisotopic (exact) mass is 210 g/mol. The first kappa shape index (κ1) is 11.0. The minimum Gasteiger partial charge on any atom is -0.117 e. The first-order valence-corrected chi connectivity index (χ1v) is 6.20. The van der Waals surface area contributed by atoms with E-state index in [9.17, 15) is 0 Å². The molecule has 0 heteroatoms. The summed E-state index contributed by atoms with van der Waals surface area (Å²) in [4.78, 5) is 0. The van der Waals surface area contributed by atoms with Gasteiger partial charge in [0.25, 0.3) is 0 Å². The summed E-state index contributed by atoms with van der Waals surface area (Å²) in [6.07, 6.45) is 20.1. The molecule has 0 atom stereocenters. The maximum atomic E-state index is 3.25. The lowest BCUT2D eigenvalue weighted by Gasteiger charge is -2.00. The Labute approximate surface area is 98.1 Å². The van der Waals surface area contributed by atoms with Crippen LogP contribution in [0.25, 0.3) is 0 Å². The predicted octanol–water partition coefficient (Wildman–Crippen LogP) is 4.63. The molecule has 0 N–H and O–H groups in total. The standard InChI is InChI=1S/C16H18/c1(3-9-15-11-5-6-12-15)2-4-10-16-13-7-8-14-16/h5-8,11,13H,1-4,9-10H2. The van der Waals surface area contributed by atoms with Gasteiger partial charge in [0.05, 0.1) is 0 Å². The first-order valence-electron chi connectivity index (χ1n) is 6.20. The average molecular weight is 210 g/mol. The van der Waals surface area contributed by atoms with Gasteiger partial charge in [0.1, 0.15) is 0 Å². The van der Waals surface area contributed by atoms with Gasteiger partial charge >= 0.3 is 0 Å². The Kier molecular flexibility index (Phi) is 4.26. The minimum atomic E-state index is 1.19. The van der Waals surface area contributed by atoms with Gasteiger partial charge in [0.2, 0.25) is 0 Å². The van der Waals surface area contributed by atoms with Crippen LogP contribution in [0.5, 0.6) is 0 Å². The molecule has 2 rings (SSSR count). The summed E-state index contributed by atoms with van der Waals surface area (Å²) >= 11 is 0. The van der Waals surface area contributed by atoms with Crippen molar-refractivity contribution >= 4 is 0 Å². The predicted molar refractivity (Wildman–Crippen MR) is 69.2 cm³/mol. The fraction of sp³-hybridized carbons (Fsp3) is 0.375. The Morgan fingerprint density at radius 3 is 1.56 bits per heavy atom. The van der Waals surface area contributed by atoms with Gasteiger partial charge in [-0.1, -0.05) is 37.1 Å². The molecule has 0 saturated carbocycles. The highest BCUT2D eigenvalue weighted by Gasteiger charge is 1.97. The second kappa shape index (κ2) is 6.18. The quantitative estimate of drug-likeness (QED) is 0.424. The van der Waals surface area contributed by atoms with Crippen LogP contribution in [0.2, 0.25) is 0 Å². The fourth-order valence-corrected chi connectivity index (χ4v) is 2.03. The van der Waals surface area contributed by atoms with Crippen molar-refractivity contribution in [3.8, 4) is 0 Å². The third kappa shape index (κ3) is 3.59. The van der Waals surface area contributed by atoms with Crippen molar-refractivity contribution in [1.82, 2.24) is 0 Å². The Bertz CT molecular complexity index is 375. The Morgan fingerprint density at radius 1 is 0.688 bits per heavy atom. The van der Waals surface area contributed by atoms with Gasteiger partial charge in [0, 0.05) is 0 Å². The molecule has 0 nitrogen and oxygen atoms in total. The lowest BCUT2D eigenvalue weighted by atomic mass is 10.0. The highest BCUT2D eigenvalue weighted by atomic mass is 14.0.